The number of benzene rings is 1. The number of aliphatic hydroxyl groups excluding tert-OH is 1. The van der Waals surface area contributed by atoms with E-state index < -0.39 is 30.7 Å². The molecule has 6 heteroatoms. The van der Waals surface area contributed by atoms with Gasteiger partial charge in [-0.15, -0.1) is 0 Å². The van der Waals surface area contributed by atoms with Crippen molar-refractivity contribution in [3.05, 3.63) is 35.4 Å². The van der Waals surface area contributed by atoms with Gasteiger partial charge in [0.05, 0.1) is 6.54 Å². The average molecular weight is 237 g/mol. The fourth-order valence-electron chi connectivity index (χ4n) is 1.11. The van der Waals surface area contributed by atoms with Gasteiger partial charge in [0.1, 0.15) is 18.2 Å². The van der Waals surface area contributed by atoms with Gasteiger partial charge < -0.3 is 10.4 Å². The van der Waals surface area contributed by atoms with Gasteiger partial charge >= 0.3 is 0 Å². The molecule has 1 aromatic rings. The van der Waals surface area contributed by atoms with E-state index in [9.17, 15) is 17.6 Å². The van der Waals surface area contributed by atoms with Crippen LogP contribution in [0.5, 0.6) is 0 Å². The third-order valence-corrected chi connectivity index (χ3v) is 1.94. The van der Waals surface area contributed by atoms with Crippen LogP contribution < -0.4 is 5.32 Å². The average Bonchev–Trinajstić information content (AvgIpc) is 2.23. The summed E-state index contributed by atoms with van der Waals surface area (Å²) in [6, 6.07) is 2.80. The summed E-state index contributed by atoms with van der Waals surface area (Å²) >= 11 is 0. The summed E-state index contributed by atoms with van der Waals surface area (Å²) in [5, 5.41) is 10.5. The molecule has 1 rings (SSSR count). The van der Waals surface area contributed by atoms with Crippen molar-refractivity contribution in [2.24, 2.45) is 0 Å². The molecule has 0 saturated heterocycles. The quantitative estimate of drug-likeness (QED) is 0.764. The van der Waals surface area contributed by atoms with E-state index >= 15 is 0 Å². The lowest BCUT2D eigenvalue weighted by Crippen LogP contribution is -2.35. The van der Waals surface area contributed by atoms with Crippen molar-refractivity contribution in [3.63, 3.8) is 0 Å². The van der Waals surface area contributed by atoms with Crippen LogP contribution in [-0.2, 0) is 6.54 Å². The van der Waals surface area contributed by atoms with Crippen molar-refractivity contribution in [1.82, 2.24) is 5.32 Å². The third-order valence-electron chi connectivity index (χ3n) is 1.94. The first-order valence-electron chi connectivity index (χ1n) is 4.58. The van der Waals surface area contributed by atoms with Crippen LogP contribution in [0.1, 0.15) is 5.56 Å². The molecule has 1 aromatic carbocycles. The molecule has 0 radical (unpaired) electrons. The van der Waals surface area contributed by atoms with Crippen molar-refractivity contribution in [2.45, 2.75) is 12.5 Å². The van der Waals surface area contributed by atoms with Gasteiger partial charge in [-0.25, -0.2) is 17.6 Å². The van der Waals surface area contributed by atoms with E-state index in [0.29, 0.717) is 0 Å². The zero-order valence-corrected chi connectivity index (χ0v) is 8.31. The summed E-state index contributed by atoms with van der Waals surface area (Å²) in [5.41, 5.74) is -0.0336. The second kappa shape index (κ2) is 5.27. The number of halogens is 4. The van der Waals surface area contributed by atoms with Crippen LogP contribution in [0.4, 0.5) is 17.6 Å². The number of nitrogens with one attached hydrogen (secondary N) is 1. The number of rotatable bonds is 5. The van der Waals surface area contributed by atoms with Gasteiger partial charge in [-0.1, -0.05) is 0 Å². The lowest BCUT2D eigenvalue weighted by atomic mass is 10.2. The third kappa shape index (κ3) is 3.79. The fraction of sp³-hybridized carbons (Fsp3) is 0.400. The number of hydrogen-bond donors (Lipinski definition) is 2. The predicted octanol–water partition coefficient (Wildman–Crippen LogP) is 1.68. The first-order valence-corrected chi connectivity index (χ1v) is 4.58. The Bertz CT molecular complexity index is 357. The van der Waals surface area contributed by atoms with Crippen molar-refractivity contribution < 1.29 is 22.7 Å². The van der Waals surface area contributed by atoms with Gasteiger partial charge in [0, 0.05) is 12.1 Å². The molecule has 0 saturated carbocycles. The molecule has 0 amide bonds. The van der Waals surface area contributed by atoms with Crippen LogP contribution in [0.15, 0.2) is 18.2 Å². The van der Waals surface area contributed by atoms with Crippen molar-refractivity contribution in [3.8, 4) is 0 Å². The molecule has 0 heterocycles. The Balaban J connectivity index is 2.52. The van der Waals surface area contributed by atoms with Gasteiger partial charge in [0.25, 0.3) is 5.92 Å². The van der Waals surface area contributed by atoms with E-state index in [4.69, 9.17) is 5.11 Å². The van der Waals surface area contributed by atoms with E-state index in [-0.39, 0.29) is 12.1 Å². The van der Waals surface area contributed by atoms with Gasteiger partial charge in [0.15, 0.2) is 0 Å². The number of aliphatic hydroxyl groups is 1. The monoisotopic (exact) mass is 237 g/mol. The molecule has 0 spiro atoms. The first-order chi connectivity index (χ1) is 7.44. The summed E-state index contributed by atoms with van der Waals surface area (Å²) in [5.74, 6) is -4.56. The van der Waals surface area contributed by atoms with Crippen LogP contribution in [0.25, 0.3) is 0 Å². The van der Waals surface area contributed by atoms with E-state index in [2.05, 4.69) is 5.32 Å². The smallest absolute Gasteiger partial charge is 0.282 e. The maximum Gasteiger partial charge on any atom is 0.282 e. The SMILES string of the molecule is OCC(F)(F)CNCc1cc(F)ccc1F. The molecule has 0 unspecified atom stereocenters. The topological polar surface area (TPSA) is 32.3 Å². The Hall–Kier alpha value is -1.14. The molecular formula is C10H11F4NO. The van der Waals surface area contributed by atoms with Gasteiger partial charge in [-0.2, -0.15) is 0 Å². The van der Waals surface area contributed by atoms with E-state index in [1.165, 1.54) is 0 Å². The summed E-state index contributed by atoms with van der Waals surface area (Å²) in [4.78, 5) is 0. The molecule has 2 nitrogen and oxygen atoms in total. The summed E-state index contributed by atoms with van der Waals surface area (Å²) in [6.45, 7) is -2.30. The summed E-state index contributed by atoms with van der Waals surface area (Å²) < 4.78 is 50.8. The van der Waals surface area contributed by atoms with Crippen molar-refractivity contribution in [2.75, 3.05) is 13.2 Å². The Morgan fingerprint density at radius 1 is 1.25 bits per heavy atom. The predicted molar refractivity (Wildman–Crippen MR) is 50.1 cm³/mol. The van der Waals surface area contributed by atoms with Gasteiger partial charge in [-0.05, 0) is 18.2 Å². The van der Waals surface area contributed by atoms with Crippen LogP contribution in [-0.4, -0.2) is 24.2 Å². The maximum atomic E-state index is 13.0. The van der Waals surface area contributed by atoms with Crippen LogP contribution in [0.3, 0.4) is 0 Å². The van der Waals surface area contributed by atoms with E-state index in [1.807, 2.05) is 0 Å². The molecule has 0 aliphatic carbocycles. The van der Waals surface area contributed by atoms with Crippen LogP contribution >= 0.6 is 0 Å². The van der Waals surface area contributed by atoms with Crippen LogP contribution in [0.2, 0.25) is 0 Å². The van der Waals surface area contributed by atoms with Gasteiger partial charge in [0.2, 0.25) is 0 Å². The Morgan fingerprint density at radius 2 is 1.94 bits per heavy atom. The largest absolute Gasteiger partial charge is 0.390 e. The highest BCUT2D eigenvalue weighted by atomic mass is 19.3. The Morgan fingerprint density at radius 3 is 2.56 bits per heavy atom. The molecule has 0 bridgehead atoms. The lowest BCUT2D eigenvalue weighted by molar-refractivity contribution is -0.0478. The molecule has 2 N–H and O–H groups in total. The van der Waals surface area contributed by atoms with Gasteiger partial charge in [-0.3, -0.25) is 0 Å². The highest BCUT2D eigenvalue weighted by Crippen LogP contribution is 2.12. The summed E-state index contributed by atoms with van der Waals surface area (Å²) in [6.07, 6.45) is 0. The maximum absolute atomic E-state index is 13.0. The molecule has 0 aliphatic rings. The minimum absolute atomic E-state index is 0.0336. The zero-order valence-electron chi connectivity index (χ0n) is 8.31. The minimum atomic E-state index is -3.26. The summed E-state index contributed by atoms with van der Waals surface area (Å²) in [7, 11) is 0. The van der Waals surface area contributed by atoms with E-state index in [1.54, 1.807) is 0 Å². The highest BCUT2D eigenvalue weighted by molar-refractivity contribution is 5.18. The van der Waals surface area contributed by atoms with Crippen LogP contribution in [0, 0.1) is 11.6 Å². The minimum Gasteiger partial charge on any atom is -0.390 e. The first kappa shape index (κ1) is 12.9. The Kier molecular flexibility index (Phi) is 4.26. The fourth-order valence-corrected chi connectivity index (χ4v) is 1.11. The molecular weight excluding hydrogens is 226 g/mol. The van der Waals surface area contributed by atoms with Crippen molar-refractivity contribution in [1.29, 1.82) is 0 Å². The molecule has 0 atom stereocenters. The zero-order chi connectivity index (χ0) is 12.2. The van der Waals surface area contributed by atoms with E-state index in [0.717, 1.165) is 18.2 Å². The highest BCUT2D eigenvalue weighted by Gasteiger charge is 2.26. The molecule has 0 fully saturated rings. The standard InChI is InChI=1S/C10H11F4NO/c11-8-1-2-9(12)7(3-8)4-15-5-10(13,14)6-16/h1-3,15-16H,4-6H2. The number of hydrogen-bond acceptors (Lipinski definition) is 2. The Labute approximate surface area is 89.9 Å². The second-order valence-electron chi connectivity index (χ2n) is 3.35. The molecule has 0 aromatic heterocycles. The second-order valence-corrected chi connectivity index (χ2v) is 3.35. The molecule has 16 heavy (non-hydrogen) atoms. The number of alkyl halides is 2. The molecule has 0 aliphatic heterocycles. The normalized spacial score (nSPS) is 11.8. The molecule has 90 valence electrons. The van der Waals surface area contributed by atoms with Crippen molar-refractivity contribution >= 4 is 0 Å². The lowest BCUT2D eigenvalue weighted by Gasteiger charge is -2.14.